The fraction of sp³-hybridized carbons (Fsp3) is 0.739. The van der Waals surface area contributed by atoms with Crippen LogP contribution in [-0.2, 0) is 4.43 Å². The summed E-state index contributed by atoms with van der Waals surface area (Å²) in [5, 5.41) is 0. The summed E-state index contributed by atoms with van der Waals surface area (Å²) >= 11 is 3.45. The van der Waals surface area contributed by atoms with Crippen molar-refractivity contribution in [2.24, 2.45) is 0 Å². The molecule has 1 rings (SSSR count). The van der Waals surface area contributed by atoms with Crippen molar-refractivity contribution in [1.82, 2.24) is 0 Å². The highest BCUT2D eigenvalue weighted by Crippen LogP contribution is 2.20. The van der Waals surface area contributed by atoms with E-state index >= 15 is 0 Å². The Morgan fingerprint density at radius 1 is 0.704 bits per heavy atom. The van der Waals surface area contributed by atoms with Crippen LogP contribution in [0.4, 0.5) is 0 Å². The van der Waals surface area contributed by atoms with Crippen LogP contribution in [0, 0.1) is 0 Å². The molecule has 0 unspecified atom stereocenters. The van der Waals surface area contributed by atoms with E-state index < -0.39 is 8.56 Å². The number of hydrogen-bond acceptors (Lipinski definition) is 2. The summed E-state index contributed by atoms with van der Waals surface area (Å²) in [4.78, 5) is 0. The van der Waals surface area contributed by atoms with E-state index in [1.54, 1.807) is 0 Å². The van der Waals surface area contributed by atoms with Gasteiger partial charge < -0.3 is 8.85 Å². The molecule has 4 heteroatoms. The van der Waals surface area contributed by atoms with Crippen LogP contribution >= 0.6 is 15.9 Å². The predicted octanol–water partition coefficient (Wildman–Crippen LogP) is 8.64. The third-order valence-corrected chi connectivity index (χ3v) is 7.03. The molecule has 1 aromatic carbocycles. The molecule has 0 bridgehead atoms. The summed E-state index contributed by atoms with van der Waals surface area (Å²) in [5.41, 5.74) is 0. The fourth-order valence-corrected chi connectivity index (χ4v) is 4.92. The molecule has 0 spiro atoms. The molecule has 0 N–H and O–H groups in total. The first-order valence-electron chi connectivity index (χ1n) is 11.1. The molecule has 0 aliphatic heterocycles. The SMILES string of the molecule is CCCCCCCCCCCCCCCO[Si](C)(C)Oc1ccc(Br)cc1. The van der Waals surface area contributed by atoms with E-state index in [1.807, 2.05) is 24.3 Å². The van der Waals surface area contributed by atoms with Crippen molar-refractivity contribution in [2.45, 2.75) is 103 Å². The Hall–Kier alpha value is -0.323. The van der Waals surface area contributed by atoms with Gasteiger partial charge in [0.1, 0.15) is 5.75 Å². The largest absolute Gasteiger partial charge is 0.520 e. The Morgan fingerprint density at radius 3 is 1.63 bits per heavy atom. The maximum absolute atomic E-state index is 6.07. The predicted molar refractivity (Wildman–Crippen MR) is 124 cm³/mol. The number of halogens is 1. The molecule has 0 saturated heterocycles. The molecule has 0 aliphatic carbocycles. The van der Waals surface area contributed by atoms with Gasteiger partial charge in [-0.2, -0.15) is 0 Å². The van der Waals surface area contributed by atoms with Crippen molar-refractivity contribution in [1.29, 1.82) is 0 Å². The van der Waals surface area contributed by atoms with E-state index in [-0.39, 0.29) is 0 Å². The van der Waals surface area contributed by atoms with Crippen molar-refractivity contribution >= 4 is 24.5 Å². The van der Waals surface area contributed by atoms with Crippen LogP contribution in [0.15, 0.2) is 28.7 Å². The maximum Gasteiger partial charge on any atom is 0.392 e. The molecule has 1 aromatic rings. The Bertz CT molecular complexity index is 462. The average Bonchev–Trinajstić information content (AvgIpc) is 2.63. The van der Waals surface area contributed by atoms with Crippen LogP contribution in [-0.4, -0.2) is 15.2 Å². The number of benzene rings is 1. The van der Waals surface area contributed by atoms with Crippen LogP contribution in [0.1, 0.15) is 90.4 Å². The van der Waals surface area contributed by atoms with Gasteiger partial charge in [-0.15, -0.1) is 0 Å². The van der Waals surface area contributed by atoms with E-state index in [1.165, 1.54) is 77.0 Å². The molecule has 0 amide bonds. The molecule has 156 valence electrons. The van der Waals surface area contributed by atoms with Crippen molar-refractivity contribution < 1.29 is 8.85 Å². The van der Waals surface area contributed by atoms with Crippen LogP contribution in [0.2, 0.25) is 13.1 Å². The minimum absolute atomic E-state index is 0.827. The molecule has 27 heavy (non-hydrogen) atoms. The lowest BCUT2D eigenvalue weighted by atomic mass is 10.0. The lowest BCUT2D eigenvalue weighted by Crippen LogP contribution is -2.38. The minimum atomic E-state index is -2.08. The summed E-state index contributed by atoms with van der Waals surface area (Å²) in [6.07, 6.45) is 17.9. The van der Waals surface area contributed by atoms with Crippen molar-refractivity contribution in [2.75, 3.05) is 6.61 Å². The van der Waals surface area contributed by atoms with Gasteiger partial charge in [0.2, 0.25) is 0 Å². The molecule has 0 aliphatic rings. The van der Waals surface area contributed by atoms with Crippen molar-refractivity contribution in [3.63, 3.8) is 0 Å². The lowest BCUT2D eigenvalue weighted by Gasteiger charge is -2.24. The van der Waals surface area contributed by atoms with Crippen LogP contribution in [0.5, 0.6) is 5.75 Å². The van der Waals surface area contributed by atoms with Gasteiger partial charge in [-0.1, -0.05) is 99.9 Å². The molecule has 0 atom stereocenters. The van der Waals surface area contributed by atoms with Crippen LogP contribution in [0.3, 0.4) is 0 Å². The van der Waals surface area contributed by atoms with E-state index in [0.29, 0.717) is 0 Å². The van der Waals surface area contributed by atoms with Crippen molar-refractivity contribution in [3.8, 4) is 5.75 Å². The van der Waals surface area contributed by atoms with Crippen LogP contribution < -0.4 is 4.43 Å². The minimum Gasteiger partial charge on any atom is -0.520 e. The van der Waals surface area contributed by atoms with Crippen LogP contribution in [0.25, 0.3) is 0 Å². The Balaban J connectivity index is 1.91. The molecule has 0 fully saturated rings. The Morgan fingerprint density at radius 2 is 1.15 bits per heavy atom. The quantitative estimate of drug-likeness (QED) is 0.172. The topological polar surface area (TPSA) is 18.5 Å². The molecular weight excluding hydrogens is 416 g/mol. The Kier molecular flexibility index (Phi) is 14.3. The average molecular weight is 458 g/mol. The first-order valence-corrected chi connectivity index (χ1v) is 14.7. The summed E-state index contributed by atoms with van der Waals surface area (Å²) in [6.45, 7) is 7.36. The summed E-state index contributed by atoms with van der Waals surface area (Å²) in [6, 6.07) is 8.00. The second-order valence-electron chi connectivity index (χ2n) is 8.05. The molecular formula is C23H41BrO2Si. The number of unbranched alkanes of at least 4 members (excludes halogenated alkanes) is 12. The van der Waals surface area contributed by atoms with E-state index in [0.717, 1.165) is 23.2 Å². The zero-order chi connectivity index (χ0) is 19.8. The summed E-state index contributed by atoms with van der Waals surface area (Å²) in [5.74, 6) is 0.903. The first-order chi connectivity index (χ1) is 13.0. The van der Waals surface area contributed by atoms with Gasteiger partial charge in [-0.3, -0.25) is 0 Å². The molecule has 0 radical (unpaired) electrons. The highest BCUT2D eigenvalue weighted by atomic mass is 79.9. The fourth-order valence-electron chi connectivity index (χ4n) is 3.25. The lowest BCUT2D eigenvalue weighted by molar-refractivity contribution is 0.240. The van der Waals surface area contributed by atoms with Gasteiger partial charge in [0.25, 0.3) is 0 Å². The highest BCUT2D eigenvalue weighted by molar-refractivity contribution is 9.10. The highest BCUT2D eigenvalue weighted by Gasteiger charge is 2.26. The van der Waals surface area contributed by atoms with E-state index in [4.69, 9.17) is 8.85 Å². The summed E-state index contributed by atoms with van der Waals surface area (Å²) < 4.78 is 13.2. The maximum atomic E-state index is 6.07. The molecule has 0 saturated carbocycles. The monoisotopic (exact) mass is 456 g/mol. The van der Waals surface area contributed by atoms with Crippen molar-refractivity contribution in [3.05, 3.63) is 28.7 Å². The smallest absolute Gasteiger partial charge is 0.392 e. The molecule has 0 aromatic heterocycles. The first kappa shape index (κ1) is 24.7. The second kappa shape index (κ2) is 15.6. The zero-order valence-corrected chi connectivity index (χ0v) is 20.5. The van der Waals surface area contributed by atoms with Gasteiger partial charge >= 0.3 is 8.56 Å². The molecule has 2 nitrogen and oxygen atoms in total. The van der Waals surface area contributed by atoms with Gasteiger partial charge in [0, 0.05) is 11.1 Å². The zero-order valence-electron chi connectivity index (χ0n) is 17.9. The third kappa shape index (κ3) is 14.3. The van der Waals surface area contributed by atoms with Gasteiger partial charge in [0.05, 0.1) is 0 Å². The summed E-state index contributed by atoms with van der Waals surface area (Å²) in [7, 11) is -2.08. The van der Waals surface area contributed by atoms with Gasteiger partial charge in [0.15, 0.2) is 0 Å². The van der Waals surface area contributed by atoms with E-state index in [2.05, 4.69) is 35.9 Å². The normalized spacial score (nSPS) is 11.7. The number of hydrogen-bond donors (Lipinski definition) is 0. The van der Waals surface area contributed by atoms with Gasteiger partial charge in [-0.05, 0) is 43.8 Å². The third-order valence-electron chi connectivity index (χ3n) is 4.87. The van der Waals surface area contributed by atoms with E-state index in [9.17, 15) is 0 Å². The van der Waals surface area contributed by atoms with Gasteiger partial charge in [-0.25, -0.2) is 0 Å². The second-order valence-corrected chi connectivity index (χ2v) is 12.3. The number of rotatable bonds is 17. The standard InChI is InChI=1S/C23H41BrO2Si/c1-4-5-6-7-8-9-10-11-12-13-14-15-16-21-25-27(2,3)26-23-19-17-22(24)18-20-23/h17-20H,4-16,21H2,1-3H3. The Labute approximate surface area is 177 Å². The molecule has 0 heterocycles.